The molecule has 1 aromatic heterocycles. The minimum absolute atomic E-state index is 0.216. The summed E-state index contributed by atoms with van der Waals surface area (Å²) in [6.45, 7) is 4.01. The second-order valence-electron chi connectivity index (χ2n) is 8.49. The van der Waals surface area contributed by atoms with Crippen LogP contribution < -0.4 is 16.2 Å². The van der Waals surface area contributed by atoms with Gasteiger partial charge in [0.1, 0.15) is 5.56 Å². The van der Waals surface area contributed by atoms with E-state index in [-0.39, 0.29) is 5.56 Å². The van der Waals surface area contributed by atoms with E-state index in [1.165, 1.54) is 18.2 Å². The highest BCUT2D eigenvalue weighted by atomic mass is 19.4. The normalized spacial score (nSPS) is 21.6. The van der Waals surface area contributed by atoms with Gasteiger partial charge in [-0.3, -0.25) is 4.79 Å². The number of carboxylic acids is 2. The van der Waals surface area contributed by atoms with Gasteiger partial charge in [0.15, 0.2) is 0 Å². The maximum atomic E-state index is 12.1. The molecule has 4 rings (SSSR count). The van der Waals surface area contributed by atoms with Gasteiger partial charge in [-0.15, -0.1) is 0 Å². The molecule has 34 heavy (non-hydrogen) atoms. The van der Waals surface area contributed by atoms with Crippen molar-refractivity contribution in [2.75, 3.05) is 18.0 Å². The van der Waals surface area contributed by atoms with Crippen molar-refractivity contribution in [1.82, 2.24) is 4.98 Å². The SMILES string of the molecule is CCc1cc(C(=O)O)c(=O)[nH]c1-c1ccc(N2C[C@H]3CC[C@@H](N)[C@H]3C2)cc1.O=C(O)C(F)(F)F. The van der Waals surface area contributed by atoms with Crippen LogP contribution in [0, 0.1) is 11.8 Å². The number of aliphatic carboxylic acids is 1. The zero-order valence-corrected chi connectivity index (χ0v) is 18.4. The lowest BCUT2D eigenvalue weighted by molar-refractivity contribution is -0.192. The molecule has 1 aliphatic carbocycles. The van der Waals surface area contributed by atoms with Crippen LogP contribution >= 0.6 is 0 Å². The van der Waals surface area contributed by atoms with Gasteiger partial charge in [0.2, 0.25) is 0 Å². The Kier molecular flexibility index (Phi) is 7.35. The van der Waals surface area contributed by atoms with Crippen LogP contribution in [0.25, 0.3) is 11.3 Å². The minimum atomic E-state index is -5.08. The highest BCUT2D eigenvalue weighted by molar-refractivity contribution is 5.88. The molecular formula is C23H26F3N3O5. The highest BCUT2D eigenvalue weighted by Gasteiger charge is 2.41. The number of hydrogen-bond acceptors (Lipinski definition) is 5. The van der Waals surface area contributed by atoms with E-state index < -0.39 is 23.7 Å². The number of carbonyl (C=O) groups is 2. The van der Waals surface area contributed by atoms with Crippen LogP contribution in [0.2, 0.25) is 0 Å². The van der Waals surface area contributed by atoms with E-state index in [1.807, 2.05) is 19.1 Å². The molecule has 2 heterocycles. The van der Waals surface area contributed by atoms with Crippen molar-refractivity contribution in [2.24, 2.45) is 17.6 Å². The summed E-state index contributed by atoms with van der Waals surface area (Å²) < 4.78 is 31.7. The lowest BCUT2D eigenvalue weighted by Crippen LogP contribution is -2.30. The van der Waals surface area contributed by atoms with Crippen LogP contribution in [0.4, 0.5) is 18.9 Å². The third kappa shape index (κ3) is 5.41. The molecule has 5 N–H and O–H groups in total. The van der Waals surface area contributed by atoms with Gasteiger partial charge in [0.25, 0.3) is 5.56 Å². The van der Waals surface area contributed by atoms with E-state index in [4.69, 9.17) is 20.7 Å². The van der Waals surface area contributed by atoms with Crippen LogP contribution in [-0.4, -0.2) is 52.4 Å². The quantitative estimate of drug-likeness (QED) is 0.527. The lowest BCUT2D eigenvalue weighted by atomic mass is 9.98. The van der Waals surface area contributed by atoms with Crippen LogP contribution in [0.3, 0.4) is 0 Å². The van der Waals surface area contributed by atoms with Crippen molar-refractivity contribution in [2.45, 2.75) is 38.4 Å². The van der Waals surface area contributed by atoms with Crippen molar-refractivity contribution in [3.8, 4) is 11.3 Å². The topological polar surface area (TPSA) is 137 Å². The minimum Gasteiger partial charge on any atom is -0.477 e. The molecule has 2 fully saturated rings. The standard InChI is InChI=1S/C21H25N3O3.C2HF3O2/c1-2-12-9-16(21(26)27)20(25)23-19(12)13-3-6-15(7-4-13)24-10-14-5-8-18(22)17(14)11-24;3-2(4,5)1(6)7/h3-4,6-7,9,14,17-18H,2,5,8,10-11,22H2,1H3,(H,23,25)(H,26,27);(H,6,7)/t14-,17+,18-;/m1./s1. The Morgan fingerprint density at radius 2 is 1.76 bits per heavy atom. The zero-order valence-electron chi connectivity index (χ0n) is 18.4. The number of nitrogens with two attached hydrogens (primary N) is 1. The molecule has 0 spiro atoms. The van der Waals surface area contributed by atoms with Gasteiger partial charge >= 0.3 is 18.1 Å². The average Bonchev–Trinajstić information content (AvgIpc) is 3.35. The van der Waals surface area contributed by atoms with E-state index in [9.17, 15) is 22.8 Å². The van der Waals surface area contributed by atoms with Crippen LogP contribution in [0.1, 0.15) is 35.7 Å². The summed E-state index contributed by atoms with van der Waals surface area (Å²) in [5, 5.41) is 16.3. The molecule has 1 saturated carbocycles. The highest BCUT2D eigenvalue weighted by Crippen LogP contribution is 2.39. The molecule has 1 aliphatic heterocycles. The largest absolute Gasteiger partial charge is 0.490 e. The number of halogens is 3. The summed E-state index contributed by atoms with van der Waals surface area (Å²) in [7, 11) is 0. The molecule has 1 saturated heterocycles. The Bertz CT molecular complexity index is 1110. The smallest absolute Gasteiger partial charge is 0.477 e. The number of rotatable bonds is 4. The Labute approximate surface area is 193 Å². The van der Waals surface area contributed by atoms with E-state index in [2.05, 4.69) is 22.0 Å². The number of anilines is 1. The van der Waals surface area contributed by atoms with Gasteiger partial charge in [0.05, 0.1) is 5.69 Å². The van der Waals surface area contributed by atoms with Crippen molar-refractivity contribution in [3.63, 3.8) is 0 Å². The summed E-state index contributed by atoms with van der Waals surface area (Å²) >= 11 is 0. The number of benzene rings is 1. The second-order valence-corrected chi connectivity index (χ2v) is 8.49. The van der Waals surface area contributed by atoms with Crippen molar-refractivity contribution in [1.29, 1.82) is 0 Å². The Hall–Kier alpha value is -3.34. The van der Waals surface area contributed by atoms with Gasteiger partial charge in [-0.2, -0.15) is 13.2 Å². The first-order chi connectivity index (χ1) is 15.9. The lowest BCUT2D eigenvalue weighted by Gasteiger charge is -2.21. The third-order valence-electron chi connectivity index (χ3n) is 6.41. The van der Waals surface area contributed by atoms with Gasteiger partial charge in [-0.25, -0.2) is 9.59 Å². The van der Waals surface area contributed by atoms with E-state index in [0.717, 1.165) is 30.6 Å². The monoisotopic (exact) mass is 481 g/mol. The predicted octanol–water partition coefficient (Wildman–Crippen LogP) is 3.11. The molecular weight excluding hydrogens is 455 g/mol. The molecule has 11 heteroatoms. The van der Waals surface area contributed by atoms with Crippen LogP contribution in [0.5, 0.6) is 0 Å². The van der Waals surface area contributed by atoms with E-state index in [1.54, 1.807) is 0 Å². The van der Waals surface area contributed by atoms with Gasteiger partial charge in [-0.1, -0.05) is 19.1 Å². The first-order valence-electron chi connectivity index (χ1n) is 10.8. The van der Waals surface area contributed by atoms with Crippen LogP contribution in [0.15, 0.2) is 35.1 Å². The molecule has 0 bridgehead atoms. The summed E-state index contributed by atoms with van der Waals surface area (Å²) in [5.41, 5.74) is 9.03. The summed E-state index contributed by atoms with van der Waals surface area (Å²) in [6, 6.07) is 9.94. The maximum Gasteiger partial charge on any atom is 0.490 e. The maximum absolute atomic E-state index is 12.1. The zero-order chi connectivity index (χ0) is 25.2. The number of pyridine rings is 1. The molecule has 0 unspecified atom stereocenters. The Morgan fingerprint density at radius 3 is 2.26 bits per heavy atom. The Morgan fingerprint density at radius 1 is 1.15 bits per heavy atom. The fraction of sp³-hybridized carbons (Fsp3) is 0.435. The number of aromatic nitrogens is 1. The molecule has 0 radical (unpaired) electrons. The average molecular weight is 481 g/mol. The van der Waals surface area contributed by atoms with E-state index in [0.29, 0.717) is 30.0 Å². The number of alkyl halides is 3. The first kappa shape index (κ1) is 25.3. The van der Waals surface area contributed by atoms with Gasteiger partial charge in [0, 0.05) is 24.8 Å². The van der Waals surface area contributed by atoms with E-state index >= 15 is 0 Å². The molecule has 184 valence electrons. The number of H-pyrrole nitrogens is 1. The van der Waals surface area contributed by atoms with Crippen LogP contribution in [-0.2, 0) is 11.2 Å². The third-order valence-corrected chi connectivity index (χ3v) is 6.41. The summed E-state index contributed by atoms with van der Waals surface area (Å²) in [5.74, 6) is -2.67. The van der Waals surface area contributed by atoms with Gasteiger partial charge in [-0.05, 0) is 60.4 Å². The molecule has 8 nitrogen and oxygen atoms in total. The molecule has 0 amide bonds. The number of aromatic carboxylic acids is 1. The Balaban J connectivity index is 0.000000406. The fourth-order valence-corrected chi connectivity index (χ4v) is 4.63. The number of nitrogens with zero attached hydrogens (tertiary/aromatic N) is 1. The number of nitrogens with one attached hydrogen (secondary N) is 1. The van der Waals surface area contributed by atoms with Crippen molar-refractivity contribution < 1.29 is 33.0 Å². The molecule has 1 aromatic carbocycles. The van der Waals surface area contributed by atoms with Gasteiger partial charge < -0.3 is 25.8 Å². The summed E-state index contributed by atoms with van der Waals surface area (Å²) in [4.78, 5) is 37.3. The molecule has 2 aliphatic rings. The predicted molar refractivity (Wildman–Crippen MR) is 119 cm³/mol. The first-order valence-corrected chi connectivity index (χ1v) is 10.8. The number of aryl methyl sites for hydroxylation is 1. The molecule has 2 aromatic rings. The van der Waals surface area contributed by atoms with Crippen molar-refractivity contribution in [3.05, 3.63) is 51.8 Å². The number of fused-ring (bicyclic) bond motifs is 1. The molecule has 3 atom stereocenters. The van der Waals surface area contributed by atoms with Crippen molar-refractivity contribution >= 4 is 17.6 Å². The number of aromatic amines is 1. The second kappa shape index (κ2) is 9.88. The number of hydrogen-bond donors (Lipinski definition) is 4. The fourth-order valence-electron chi connectivity index (χ4n) is 4.63. The number of carboxylic acid groups (broad SMARTS) is 2. The summed E-state index contributed by atoms with van der Waals surface area (Å²) in [6.07, 6.45) is -2.08.